The molecule has 0 saturated carbocycles. The van der Waals surface area contributed by atoms with Crippen molar-refractivity contribution >= 4 is 0 Å². The minimum atomic E-state index is 0.114. The van der Waals surface area contributed by atoms with Gasteiger partial charge in [0.2, 0.25) is 0 Å². The molecule has 1 aliphatic heterocycles. The van der Waals surface area contributed by atoms with Crippen LogP contribution in [0.4, 0.5) is 0 Å². The summed E-state index contributed by atoms with van der Waals surface area (Å²) in [5.74, 6) is 1.65. The van der Waals surface area contributed by atoms with Gasteiger partial charge in [-0.1, -0.05) is 12.1 Å². The second kappa shape index (κ2) is 5.59. The first kappa shape index (κ1) is 13.2. The number of benzene rings is 1. The van der Waals surface area contributed by atoms with E-state index in [1.54, 1.807) is 7.11 Å². The maximum absolute atomic E-state index is 6.05. The fourth-order valence-electron chi connectivity index (χ4n) is 2.25. The fraction of sp³-hybridized carbons (Fsp3) is 0.571. The highest BCUT2D eigenvalue weighted by Crippen LogP contribution is 2.33. The van der Waals surface area contributed by atoms with E-state index in [1.165, 1.54) is 0 Å². The Kier molecular flexibility index (Phi) is 4.09. The number of likely N-dealkylation sites (N-methyl/N-ethyl adjacent to an activating group) is 1. The lowest BCUT2D eigenvalue weighted by atomic mass is 10.1. The smallest absolute Gasteiger partial charge is 0.164 e. The lowest BCUT2D eigenvalue weighted by molar-refractivity contribution is 0.0362. The van der Waals surface area contributed by atoms with E-state index in [9.17, 15) is 0 Å². The Balaban J connectivity index is 2.17. The van der Waals surface area contributed by atoms with Crippen LogP contribution in [0, 0.1) is 0 Å². The van der Waals surface area contributed by atoms with Crippen molar-refractivity contribution in [2.75, 3.05) is 27.2 Å². The second-order valence-corrected chi connectivity index (χ2v) is 5.09. The predicted octanol–water partition coefficient (Wildman–Crippen LogP) is 1.28. The normalized spacial score (nSPS) is 18.2. The SMILES string of the molecule is COc1cccc(CC(C)N)c1OC1CN(C)C1. The van der Waals surface area contributed by atoms with Crippen LogP contribution in [0.15, 0.2) is 18.2 Å². The molecule has 1 unspecified atom stereocenters. The summed E-state index contributed by atoms with van der Waals surface area (Å²) in [5.41, 5.74) is 7.00. The van der Waals surface area contributed by atoms with Crippen LogP contribution in [-0.2, 0) is 6.42 Å². The zero-order valence-electron chi connectivity index (χ0n) is 11.3. The molecule has 1 saturated heterocycles. The number of rotatable bonds is 5. The standard InChI is InChI=1S/C14H22N2O2/c1-10(15)7-11-5-4-6-13(17-3)14(11)18-12-8-16(2)9-12/h4-6,10,12H,7-9,15H2,1-3H3. The Hall–Kier alpha value is -1.26. The Labute approximate surface area is 109 Å². The number of hydrogen-bond acceptors (Lipinski definition) is 4. The predicted molar refractivity (Wildman–Crippen MR) is 72.3 cm³/mol. The summed E-state index contributed by atoms with van der Waals surface area (Å²) in [4.78, 5) is 2.23. The summed E-state index contributed by atoms with van der Waals surface area (Å²) >= 11 is 0. The largest absolute Gasteiger partial charge is 0.493 e. The number of methoxy groups -OCH3 is 1. The van der Waals surface area contributed by atoms with Crippen LogP contribution in [-0.4, -0.2) is 44.3 Å². The van der Waals surface area contributed by atoms with Gasteiger partial charge in [-0.25, -0.2) is 0 Å². The van der Waals surface area contributed by atoms with E-state index in [4.69, 9.17) is 15.2 Å². The van der Waals surface area contributed by atoms with Crippen LogP contribution in [0.2, 0.25) is 0 Å². The maximum atomic E-state index is 6.05. The average molecular weight is 250 g/mol. The zero-order valence-corrected chi connectivity index (χ0v) is 11.3. The number of likely N-dealkylation sites (tertiary alicyclic amines) is 1. The number of nitrogens with two attached hydrogens (primary N) is 1. The highest BCUT2D eigenvalue weighted by molar-refractivity contribution is 5.47. The molecule has 1 heterocycles. The molecule has 0 bridgehead atoms. The average Bonchev–Trinajstić information content (AvgIpc) is 2.28. The first-order chi connectivity index (χ1) is 8.60. The van der Waals surface area contributed by atoms with E-state index in [1.807, 2.05) is 19.1 Å². The molecule has 0 radical (unpaired) electrons. The molecule has 1 aromatic rings. The molecular weight excluding hydrogens is 228 g/mol. The summed E-state index contributed by atoms with van der Waals surface area (Å²) in [7, 11) is 3.76. The van der Waals surface area contributed by atoms with Crippen LogP contribution in [0.1, 0.15) is 12.5 Å². The van der Waals surface area contributed by atoms with E-state index < -0.39 is 0 Å². The van der Waals surface area contributed by atoms with Crippen LogP contribution < -0.4 is 15.2 Å². The van der Waals surface area contributed by atoms with Crippen molar-refractivity contribution in [3.8, 4) is 11.5 Å². The lowest BCUT2D eigenvalue weighted by Crippen LogP contribution is -2.51. The van der Waals surface area contributed by atoms with Crippen molar-refractivity contribution in [2.24, 2.45) is 5.73 Å². The van der Waals surface area contributed by atoms with Crippen LogP contribution in [0.3, 0.4) is 0 Å². The van der Waals surface area contributed by atoms with Gasteiger partial charge in [0.15, 0.2) is 11.5 Å². The minimum Gasteiger partial charge on any atom is -0.493 e. The number of ether oxygens (including phenoxy) is 2. The Morgan fingerprint density at radius 1 is 1.44 bits per heavy atom. The molecule has 0 aliphatic carbocycles. The zero-order chi connectivity index (χ0) is 13.1. The van der Waals surface area contributed by atoms with Crippen LogP contribution in [0.25, 0.3) is 0 Å². The molecule has 0 aromatic heterocycles. The Bertz CT molecular complexity index is 401. The van der Waals surface area contributed by atoms with Crippen molar-refractivity contribution in [1.29, 1.82) is 0 Å². The molecule has 1 aromatic carbocycles. The van der Waals surface area contributed by atoms with E-state index in [2.05, 4.69) is 18.0 Å². The maximum Gasteiger partial charge on any atom is 0.164 e. The van der Waals surface area contributed by atoms with E-state index in [0.717, 1.165) is 36.6 Å². The quantitative estimate of drug-likeness (QED) is 0.855. The summed E-state index contributed by atoms with van der Waals surface area (Å²) in [6.45, 7) is 3.94. The lowest BCUT2D eigenvalue weighted by Gasteiger charge is -2.36. The topological polar surface area (TPSA) is 47.7 Å². The van der Waals surface area contributed by atoms with Gasteiger partial charge < -0.3 is 15.2 Å². The van der Waals surface area contributed by atoms with Crippen molar-refractivity contribution in [3.63, 3.8) is 0 Å². The van der Waals surface area contributed by atoms with Gasteiger partial charge in [-0.3, -0.25) is 4.90 Å². The number of para-hydroxylation sites is 1. The van der Waals surface area contributed by atoms with Crippen molar-refractivity contribution in [1.82, 2.24) is 4.90 Å². The Morgan fingerprint density at radius 3 is 2.72 bits per heavy atom. The van der Waals surface area contributed by atoms with Gasteiger partial charge in [0.05, 0.1) is 7.11 Å². The number of nitrogens with zero attached hydrogens (tertiary/aromatic N) is 1. The van der Waals surface area contributed by atoms with Crippen LogP contribution >= 0.6 is 0 Å². The second-order valence-electron chi connectivity index (χ2n) is 5.09. The van der Waals surface area contributed by atoms with Crippen molar-refractivity contribution in [3.05, 3.63) is 23.8 Å². The minimum absolute atomic E-state index is 0.114. The van der Waals surface area contributed by atoms with E-state index in [-0.39, 0.29) is 12.1 Å². The molecular formula is C14H22N2O2. The fourth-order valence-corrected chi connectivity index (χ4v) is 2.25. The summed E-state index contributed by atoms with van der Waals surface area (Å²) < 4.78 is 11.4. The van der Waals surface area contributed by atoms with Gasteiger partial charge in [0.1, 0.15) is 6.10 Å². The third-order valence-corrected chi connectivity index (χ3v) is 3.14. The van der Waals surface area contributed by atoms with Crippen molar-refractivity contribution in [2.45, 2.75) is 25.5 Å². The van der Waals surface area contributed by atoms with Crippen molar-refractivity contribution < 1.29 is 9.47 Å². The number of hydrogen-bond donors (Lipinski definition) is 1. The van der Waals surface area contributed by atoms with Gasteiger partial charge in [0.25, 0.3) is 0 Å². The first-order valence-corrected chi connectivity index (χ1v) is 6.36. The molecule has 1 aliphatic rings. The summed E-state index contributed by atoms with van der Waals surface area (Å²) in [6.07, 6.45) is 1.06. The molecule has 18 heavy (non-hydrogen) atoms. The van der Waals surface area contributed by atoms with Gasteiger partial charge >= 0.3 is 0 Å². The van der Waals surface area contributed by atoms with E-state index in [0.29, 0.717) is 0 Å². The highest BCUT2D eigenvalue weighted by Gasteiger charge is 2.27. The molecule has 1 fully saturated rings. The van der Waals surface area contributed by atoms with Gasteiger partial charge in [0, 0.05) is 19.1 Å². The van der Waals surface area contributed by atoms with Gasteiger partial charge in [-0.05, 0) is 32.0 Å². The molecule has 4 nitrogen and oxygen atoms in total. The summed E-state index contributed by atoms with van der Waals surface area (Å²) in [5, 5.41) is 0. The molecule has 1 atom stereocenters. The van der Waals surface area contributed by atoms with Gasteiger partial charge in [-0.2, -0.15) is 0 Å². The third kappa shape index (κ3) is 2.94. The molecule has 4 heteroatoms. The molecule has 0 spiro atoms. The molecule has 2 rings (SSSR count). The first-order valence-electron chi connectivity index (χ1n) is 6.36. The molecule has 2 N–H and O–H groups in total. The van der Waals surface area contributed by atoms with Crippen LogP contribution in [0.5, 0.6) is 11.5 Å². The Morgan fingerprint density at radius 2 is 2.17 bits per heavy atom. The van der Waals surface area contributed by atoms with E-state index >= 15 is 0 Å². The summed E-state index contributed by atoms with van der Waals surface area (Å²) in [6, 6.07) is 6.09. The monoisotopic (exact) mass is 250 g/mol. The molecule has 0 amide bonds. The highest BCUT2D eigenvalue weighted by atomic mass is 16.5. The van der Waals surface area contributed by atoms with Gasteiger partial charge in [-0.15, -0.1) is 0 Å². The third-order valence-electron chi connectivity index (χ3n) is 3.14. The molecule has 100 valence electrons.